The van der Waals surface area contributed by atoms with Crippen molar-refractivity contribution in [3.05, 3.63) is 72.2 Å². The first kappa shape index (κ1) is 21.1. The first-order valence-corrected chi connectivity index (χ1v) is 10.8. The Labute approximate surface area is 185 Å². The predicted octanol–water partition coefficient (Wildman–Crippen LogP) is 6.85. The Kier molecular flexibility index (Phi) is 5.12. The number of nitrogens with zero attached hydrogens (tertiary/aromatic N) is 3. The van der Waals surface area contributed by atoms with Gasteiger partial charge in [0.05, 0.1) is 11.9 Å². The van der Waals surface area contributed by atoms with E-state index in [1.165, 1.54) is 22.3 Å². The molecular formula is C27H31N3O. The highest BCUT2D eigenvalue weighted by Crippen LogP contribution is 2.30. The Morgan fingerprint density at radius 3 is 2.06 bits per heavy atom. The number of imidazole rings is 1. The molecule has 4 heteroatoms. The van der Waals surface area contributed by atoms with Crippen LogP contribution in [0.15, 0.2) is 61.1 Å². The lowest BCUT2D eigenvalue weighted by molar-refractivity contribution is 0.124. The van der Waals surface area contributed by atoms with E-state index in [-0.39, 0.29) is 11.0 Å². The van der Waals surface area contributed by atoms with Crippen molar-refractivity contribution in [1.82, 2.24) is 14.4 Å². The van der Waals surface area contributed by atoms with Crippen molar-refractivity contribution in [3.8, 4) is 28.3 Å². The number of hydrogen-bond acceptors (Lipinski definition) is 3. The highest BCUT2D eigenvalue weighted by atomic mass is 16.5. The van der Waals surface area contributed by atoms with E-state index in [1.807, 2.05) is 45.3 Å². The Balaban J connectivity index is 1.73. The normalized spacial score (nSPS) is 12.4. The van der Waals surface area contributed by atoms with Gasteiger partial charge in [0.15, 0.2) is 0 Å². The molecule has 4 nitrogen and oxygen atoms in total. The summed E-state index contributed by atoms with van der Waals surface area (Å²) in [5, 5.41) is 0. The summed E-state index contributed by atoms with van der Waals surface area (Å²) in [7, 11) is 0. The Bertz CT molecular complexity index is 1210. The number of ether oxygens (including phenoxy) is 1. The smallest absolute Gasteiger partial charge is 0.213 e. The topological polar surface area (TPSA) is 39.4 Å². The molecule has 160 valence electrons. The van der Waals surface area contributed by atoms with E-state index < -0.39 is 0 Å². The summed E-state index contributed by atoms with van der Waals surface area (Å²) >= 11 is 0. The van der Waals surface area contributed by atoms with Crippen molar-refractivity contribution in [2.75, 3.05) is 0 Å². The van der Waals surface area contributed by atoms with Gasteiger partial charge in [-0.3, -0.25) is 4.40 Å². The van der Waals surface area contributed by atoms with E-state index in [9.17, 15) is 0 Å². The number of benzene rings is 1. The molecule has 0 aliphatic carbocycles. The van der Waals surface area contributed by atoms with Crippen LogP contribution >= 0.6 is 0 Å². The van der Waals surface area contributed by atoms with E-state index in [0.717, 1.165) is 16.9 Å². The van der Waals surface area contributed by atoms with Gasteiger partial charge in [0.25, 0.3) is 0 Å². The fourth-order valence-corrected chi connectivity index (χ4v) is 3.69. The summed E-state index contributed by atoms with van der Waals surface area (Å²) < 4.78 is 7.99. The fraction of sp³-hybridized carbons (Fsp3) is 0.333. The molecule has 0 bridgehead atoms. The molecule has 0 spiro atoms. The maximum atomic E-state index is 5.85. The van der Waals surface area contributed by atoms with Gasteiger partial charge in [0, 0.05) is 29.6 Å². The summed E-state index contributed by atoms with van der Waals surface area (Å²) in [6.45, 7) is 14.9. The first-order valence-electron chi connectivity index (χ1n) is 10.8. The number of aromatic nitrogens is 3. The van der Waals surface area contributed by atoms with E-state index >= 15 is 0 Å². The zero-order chi connectivity index (χ0) is 22.4. The van der Waals surface area contributed by atoms with Gasteiger partial charge in [-0.25, -0.2) is 9.97 Å². The lowest BCUT2D eigenvalue weighted by Gasteiger charge is -2.20. The molecule has 31 heavy (non-hydrogen) atoms. The highest BCUT2D eigenvalue weighted by molar-refractivity contribution is 5.72. The van der Waals surface area contributed by atoms with E-state index in [1.54, 1.807) is 0 Å². The number of hydrogen-bond donors (Lipinski definition) is 0. The molecule has 3 aromatic heterocycles. The minimum Gasteiger partial charge on any atom is -0.472 e. The van der Waals surface area contributed by atoms with Gasteiger partial charge in [-0.2, -0.15) is 0 Å². The summed E-state index contributed by atoms with van der Waals surface area (Å²) in [5.41, 5.74) is 7.77. The van der Waals surface area contributed by atoms with Crippen LogP contribution in [0, 0.1) is 6.92 Å². The molecule has 0 N–H and O–H groups in total. The predicted molar refractivity (Wildman–Crippen MR) is 128 cm³/mol. The average Bonchev–Trinajstić information content (AvgIpc) is 3.09. The van der Waals surface area contributed by atoms with E-state index in [4.69, 9.17) is 4.74 Å². The highest BCUT2D eigenvalue weighted by Gasteiger charge is 2.16. The third-order valence-electron chi connectivity index (χ3n) is 5.36. The van der Waals surface area contributed by atoms with Crippen LogP contribution < -0.4 is 4.74 Å². The van der Waals surface area contributed by atoms with Gasteiger partial charge < -0.3 is 4.74 Å². The third-order valence-corrected chi connectivity index (χ3v) is 5.36. The maximum absolute atomic E-state index is 5.85. The molecule has 0 saturated heterocycles. The fourth-order valence-electron chi connectivity index (χ4n) is 3.69. The van der Waals surface area contributed by atoms with Gasteiger partial charge in [-0.05, 0) is 61.9 Å². The van der Waals surface area contributed by atoms with E-state index in [2.05, 4.69) is 78.6 Å². The van der Waals surface area contributed by atoms with Gasteiger partial charge >= 0.3 is 0 Å². The first-order chi connectivity index (χ1) is 14.5. The minimum atomic E-state index is -0.271. The number of aryl methyl sites for hydroxylation is 1. The molecule has 1 aromatic carbocycles. The Morgan fingerprint density at radius 1 is 0.806 bits per heavy atom. The number of rotatable bonds is 3. The Hall–Kier alpha value is -3.14. The number of fused-ring (bicyclic) bond motifs is 1. The van der Waals surface area contributed by atoms with Gasteiger partial charge in [0.1, 0.15) is 11.2 Å². The standard InChI is InChI=1S/C27H31N3O/c1-18-14-24-28-16-23(20-10-13-25(29-15-20)31-27(5,6)7)30(24)17-22(18)19-8-11-21(12-9-19)26(2,3)4/h8-17H,1-7H3. The van der Waals surface area contributed by atoms with Crippen LogP contribution in [-0.2, 0) is 5.41 Å². The molecule has 0 fully saturated rings. The quantitative estimate of drug-likeness (QED) is 0.369. The van der Waals surface area contributed by atoms with Crippen molar-refractivity contribution in [2.45, 2.75) is 59.5 Å². The van der Waals surface area contributed by atoms with Crippen LogP contribution in [0.25, 0.3) is 28.0 Å². The molecule has 4 aromatic rings. The van der Waals surface area contributed by atoms with Crippen molar-refractivity contribution in [2.24, 2.45) is 0 Å². The summed E-state index contributed by atoms with van der Waals surface area (Å²) in [5.74, 6) is 0.626. The minimum absolute atomic E-state index is 0.144. The van der Waals surface area contributed by atoms with E-state index in [0.29, 0.717) is 5.88 Å². The molecular weight excluding hydrogens is 382 g/mol. The molecule has 0 atom stereocenters. The van der Waals surface area contributed by atoms with Crippen LogP contribution in [0.3, 0.4) is 0 Å². The second-order valence-electron chi connectivity index (χ2n) is 10.2. The molecule has 0 amide bonds. The summed E-state index contributed by atoms with van der Waals surface area (Å²) in [4.78, 5) is 9.12. The molecule has 4 rings (SSSR count). The Morgan fingerprint density at radius 2 is 1.48 bits per heavy atom. The van der Waals surface area contributed by atoms with Crippen molar-refractivity contribution in [1.29, 1.82) is 0 Å². The van der Waals surface area contributed by atoms with Crippen molar-refractivity contribution < 1.29 is 4.74 Å². The van der Waals surface area contributed by atoms with Crippen LogP contribution in [0.4, 0.5) is 0 Å². The zero-order valence-electron chi connectivity index (χ0n) is 19.5. The summed E-state index contributed by atoms with van der Waals surface area (Å²) in [6.07, 6.45) is 5.93. The van der Waals surface area contributed by atoms with Gasteiger partial charge in [0.2, 0.25) is 5.88 Å². The molecule has 0 aliphatic heterocycles. The van der Waals surface area contributed by atoms with Gasteiger partial charge in [-0.1, -0.05) is 45.0 Å². The zero-order valence-corrected chi connectivity index (χ0v) is 19.5. The SMILES string of the molecule is Cc1cc2ncc(-c3ccc(OC(C)(C)C)nc3)n2cc1-c1ccc(C(C)(C)C)cc1. The largest absolute Gasteiger partial charge is 0.472 e. The second-order valence-corrected chi connectivity index (χ2v) is 10.2. The van der Waals surface area contributed by atoms with Crippen LogP contribution in [0.5, 0.6) is 5.88 Å². The maximum Gasteiger partial charge on any atom is 0.213 e. The number of pyridine rings is 2. The molecule has 0 unspecified atom stereocenters. The molecule has 0 aliphatic rings. The van der Waals surface area contributed by atoms with Crippen LogP contribution in [0.2, 0.25) is 0 Å². The second kappa shape index (κ2) is 7.52. The lowest BCUT2D eigenvalue weighted by Crippen LogP contribution is -2.23. The molecule has 3 heterocycles. The monoisotopic (exact) mass is 413 g/mol. The van der Waals surface area contributed by atoms with Gasteiger partial charge in [-0.15, -0.1) is 0 Å². The molecule has 0 saturated carbocycles. The van der Waals surface area contributed by atoms with Crippen molar-refractivity contribution >= 4 is 5.65 Å². The average molecular weight is 414 g/mol. The van der Waals surface area contributed by atoms with Crippen molar-refractivity contribution in [3.63, 3.8) is 0 Å². The van der Waals surface area contributed by atoms with Crippen LogP contribution in [-0.4, -0.2) is 20.0 Å². The lowest BCUT2D eigenvalue weighted by atomic mass is 9.86. The summed E-state index contributed by atoms with van der Waals surface area (Å²) in [6, 6.07) is 15.0. The third kappa shape index (κ3) is 4.48. The van der Waals surface area contributed by atoms with Crippen LogP contribution in [0.1, 0.15) is 52.7 Å². The molecule has 0 radical (unpaired) electrons.